The van der Waals surface area contributed by atoms with Crippen LogP contribution in [-0.2, 0) is 20.0 Å². The lowest BCUT2D eigenvalue weighted by molar-refractivity contribution is 0.349. The van der Waals surface area contributed by atoms with E-state index in [0.717, 1.165) is 0 Å². The van der Waals surface area contributed by atoms with E-state index in [1.807, 2.05) is 41.5 Å². The van der Waals surface area contributed by atoms with Gasteiger partial charge >= 0.3 is 0 Å². The lowest BCUT2D eigenvalue weighted by Crippen LogP contribution is -2.24. The van der Waals surface area contributed by atoms with E-state index in [9.17, 15) is 8.42 Å². The highest BCUT2D eigenvalue weighted by molar-refractivity contribution is 8.13. The molecule has 0 amide bonds. The fourth-order valence-electron chi connectivity index (χ4n) is 1.53. The van der Waals surface area contributed by atoms with Crippen molar-refractivity contribution in [2.45, 2.75) is 57.4 Å². The van der Waals surface area contributed by atoms with Crippen LogP contribution in [0.15, 0.2) is 4.90 Å². The van der Waals surface area contributed by atoms with Crippen molar-refractivity contribution in [1.82, 2.24) is 9.78 Å². The van der Waals surface area contributed by atoms with Crippen molar-refractivity contribution in [3.8, 4) is 0 Å². The normalized spacial score (nSPS) is 14.0. The Labute approximate surface area is 118 Å². The van der Waals surface area contributed by atoms with Crippen molar-refractivity contribution >= 4 is 31.3 Å². The van der Waals surface area contributed by atoms with Gasteiger partial charge < -0.3 is 0 Å². The van der Waals surface area contributed by atoms with Crippen molar-refractivity contribution in [2.75, 3.05) is 0 Å². The average Bonchev–Trinajstić information content (AvgIpc) is 2.39. The second-order valence-corrected chi connectivity index (χ2v) is 9.10. The molecule has 0 unspecified atom stereocenters. The fourth-order valence-corrected chi connectivity index (χ4v) is 3.64. The summed E-state index contributed by atoms with van der Waals surface area (Å²) in [6.07, 6.45) is 0. The molecule has 18 heavy (non-hydrogen) atoms. The molecule has 1 heterocycles. The largest absolute Gasteiger partial charge is 0.266 e. The van der Waals surface area contributed by atoms with Gasteiger partial charge in [0.15, 0.2) is 0 Å². The highest BCUT2D eigenvalue weighted by Gasteiger charge is 2.35. The molecule has 1 rings (SSSR count). The average molecular weight is 313 g/mol. The maximum atomic E-state index is 11.7. The first-order valence-corrected chi connectivity index (χ1v) is 8.19. The quantitative estimate of drug-likeness (QED) is 0.745. The summed E-state index contributed by atoms with van der Waals surface area (Å²) in [5.74, 6) is 0. The molecule has 1 aromatic heterocycles. The van der Waals surface area contributed by atoms with Crippen LogP contribution in [0.4, 0.5) is 0 Å². The highest BCUT2D eigenvalue weighted by Crippen LogP contribution is 2.37. The lowest BCUT2D eigenvalue weighted by Gasteiger charge is -2.21. The van der Waals surface area contributed by atoms with Crippen LogP contribution in [0.2, 0.25) is 5.15 Å². The summed E-state index contributed by atoms with van der Waals surface area (Å²) in [4.78, 5) is -0.0896. The number of hydrogen-bond donors (Lipinski definition) is 0. The first-order chi connectivity index (χ1) is 7.76. The Kier molecular flexibility index (Phi) is 3.85. The van der Waals surface area contributed by atoms with Crippen LogP contribution in [0.3, 0.4) is 0 Å². The first-order valence-electron chi connectivity index (χ1n) is 5.50. The molecule has 0 aliphatic carbocycles. The van der Waals surface area contributed by atoms with E-state index >= 15 is 0 Å². The number of aromatic nitrogens is 2. The Morgan fingerprint density at radius 3 is 1.78 bits per heavy atom. The van der Waals surface area contributed by atoms with Gasteiger partial charge in [-0.2, -0.15) is 5.10 Å². The SMILES string of the molecule is CC(C)(C)c1nn(C(C)(C)C)c(Cl)c1S(=O)(=O)Cl. The third-order valence-corrected chi connectivity index (χ3v) is 4.18. The van der Waals surface area contributed by atoms with Crippen molar-refractivity contribution in [2.24, 2.45) is 0 Å². The molecule has 0 aromatic carbocycles. The summed E-state index contributed by atoms with van der Waals surface area (Å²) in [6.45, 7) is 11.3. The maximum absolute atomic E-state index is 11.7. The minimum Gasteiger partial charge on any atom is -0.247 e. The van der Waals surface area contributed by atoms with Crippen LogP contribution < -0.4 is 0 Å². The van der Waals surface area contributed by atoms with E-state index in [2.05, 4.69) is 5.10 Å². The maximum Gasteiger partial charge on any atom is 0.266 e. The molecule has 0 bridgehead atoms. The standard InChI is InChI=1S/C11H18Cl2N2O2S/c1-10(2,3)8-7(18(13,16)17)9(12)15(14-8)11(4,5)6/h1-6H3. The van der Waals surface area contributed by atoms with Gasteiger partial charge in [0.25, 0.3) is 9.05 Å². The molecule has 0 fully saturated rings. The Bertz CT molecular complexity index is 563. The molecular formula is C11H18Cl2N2O2S. The minimum absolute atomic E-state index is 0.0578. The van der Waals surface area contributed by atoms with E-state index in [4.69, 9.17) is 22.3 Å². The second kappa shape index (κ2) is 4.39. The Morgan fingerprint density at radius 2 is 1.56 bits per heavy atom. The summed E-state index contributed by atoms with van der Waals surface area (Å²) >= 11 is 6.14. The van der Waals surface area contributed by atoms with Gasteiger partial charge in [-0.1, -0.05) is 32.4 Å². The summed E-state index contributed by atoms with van der Waals surface area (Å²) in [5, 5.41) is 4.40. The molecule has 0 atom stereocenters. The number of halogens is 2. The molecule has 0 aliphatic rings. The van der Waals surface area contributed by atoms with Crippen LogP contribution in [0.1, 0.15) is 47.2 Å². The third kappa shape index (κ3) is 3.00. The van der Waals surface area contributed by atoms with Gasteiger partial charge in [0.2, 0.25) is 0 Å². The molecule has 1 aromatic rings. The molecule has 0 saturated heterocycles. The van der Waals surface area contributed by atoms with Crippen LogP contribution >= 0.6 is 22.3 Å². The summed E-state index contributed by atoms with van der Waals surface area (Å²) in [7, 11) is 1.54. The predicted molar refractivity (Wildman–Crippen MR) is 74.0 cm³/mol. The molecular weight excluding hydrogens is 295 g/mol. The first kappa shape index (κ1) is 15.8. The van der Waals surface area contributed by atoms with Crippen molar-refractivity contribution in [3.05, 3.63) is 10.8 Å². The van der Waals surface area contributed by atoms with Gasteiger partial charge in [-0.05, 0) is 20.8 Å². The van der Waals surface area contributed by atoms with Gasteiger partial charge in [-0.25, -0.2) is 13.1 Å². The van der Waals surface area contributed by atoms with Crippen molar-refractivity contribution in [3.63, 3.8) is 0 Å². The van der Waals surface area contributed by atoms with E-state index in [1.54, 1.807) is 0 Å². The molecule has 0 spiro atoms. The molecule has 104 valence electrons. The Hall–Kier alpha value is -0.260. The van der Waals surface area contributed by atoms with Gasteiger partial charge in [0.1, 0.15) is 10.0 Å². The zero-order valence-corrected chi connectivity index (χ0v) is 13.7. The third-order valence-electron chi connectivity index (χ3n) is 2.38. The Morgan fingerprint density at radius 1 is 1.11 bits per heavy atom. The lowest BCUT2D eigenvalue weighted by atomic mass is 9.92. The van der Waals surface area contributed by atoms with E-state index < -0.39 is 20.0 Å². The van der Waals surface area contributed by atoms with Crippen LogP contribution in [0.25, 0.3) is 0 Å². The minimum atomic E-state index is -3.93. The van der Waals surface area contributed by atoms with Gasteiger partial charge in [0, 0.05) is 16.1 Å². The zero-order chi connectivity index (χ0) is 14.5. The molecule has 0 radical (unpaired) electrons. The van der Waals surface area contributed by atoms with Crippen molar-refractivity contribution in [1.29, 1.82) is 0 Å². The van der Waals surface area contributed by atoms with Crippen LogP contribution in [0.5, 0.6) is 0 Å². The van der Waals surface area contributed by atoms with E-state index in [0.29, 0.717) is 5.69 Å². The second-order valence-electron chi connectivity index (χ2n) is 6.24. The molecule has 0 N–H and O–H groups in total. The van der Waals surface area contributed by atoms with Gasteiger partial charge in [-0.3, -0.25) is 0 Å². The van der Waals surface area contributed by atoms with Gasteiger partial charge in [0.05, 0.1) is 11.2 Å². The molecule has 0 saturated carbocycles. The molecule has 0 aliphatic heterocycles. The van der Waals surface area contributed by atoms with Gasteiger partial charge in [-0.15, -0.1) is 0 Å². The number of hydrogen-bond acceptors (Lipinski definition) is 3. The van der Waals surface area contributed by atoms with Crippen LogP contribution in [0, 0.1) is 0 Å². The highest BCUT2D eigenvalue weighted by atomic mass is 35.7. The monoisotopic (exact) mass is 312 g/mol. The summed E-state index contributed by atoms with van der Waals surface area (Å²) in [5.41, 5.74) is -0.494. The molecule has 4 nitrogen and oxygen atoms in total. The smallest absolute Gasteiger partial charge is 0.247 e. The summed E-state index contributed by atoms with van der Waals surface area (Å²) < 4.78 is 24.9. The van der Waals surface area contributed by atoms with E-state index in [1.165, 1.54) is 4.68 Å². The predicted octanol–water partition coefficient (Wildman–Crippen LogP) is 3.52. The molecule has 7 heteroatoms. The topological polar surface area (TPSA) is 52.0 Å². The zero-order valence-electron chi connectivity index (χ0n) is 11.4. The van der Waals surface area contributed by atoms with Crippen LogP contribution in [-0.4, -0.2) is 18.2 Å². The Balaban J connectivity index is 3.75. The van der Waals surface area contributed by atoms with Crippen molar-refractivity contribution < 1.29 is 8.42 Å². The fraction of sp³-hybridized carbons (Fsp3) is 0.727. The summed E-state index contributed by atoms with van der Waals surface area (Å²) in [6, 6.07) is 0. The number of nitrogens with zero attached hydrogens (tertiary/aromatic N) is 2. The number of rotatable bonds is 1. The van der Waals surface area contributed by atoms with E-state index in [-0.39, 0.29) is 10.0 Å².